The van der Waals surface area contributed by atoms with Crippen molar-refractivity contribution in [1.29, 1.82) is 0 Å². The second-order valence-electron chi connectivity index (χ2n) is 7.99. The zero-order chi connectivity index (χ0) is 17.3. The minimum absolute atomic E-state index is 0.146. The maximum absolute atomic E-state index is 12.5. The second-order valence-corrected chi connectivity index (χ2v) is 7.99. The van der Waals surface area contributed by atoms with Gasteiger partial charge in [-0.2, -0.15) is 5.10 Å². The Bertz CT molecular complexity index is 750. The lowest BCUT2D eigenvalue weighted by Gasteiger charge is -2.43. The van der Waals surface area contributed by atoms with Gasteiger partial charge in [-0.05, 0) is 81.1 Å². The van der Waals surface area contributed by atoms with Crippen LogP contribution in [0, 0.1) is 11.3 Å². The Labute approximate surface area is 149 Å². The molecule has 2 aromatic rings. The molecular formula is C20H28N4O. The number of nitrogens with zero attached hydrogens (tertiary/aromatic N) is 2. The summed E-state index contributed by atoms with van der Waals surface area (Å²) in [6.07, 6.45) is 10.1. The summed E-state index contributed by atoms with van der Waals surface area (Å²) in [6.45, 7) is 2.34. The first-order chi connectivity index (χ1) is 12.1. The summed E-state index contributed by atoms with van der Waals surface area (Å²) in [7, 11) is 1.92. The van der Waals surface area contributed by atoms with Gasteiger partial charge in [0.05, 0.1) is 11.7 Å². The van der Waals surface area contributed by atoms with Crippen LogP contribution in [-0.4, -0.2) is 28.8 Å². The third-order valence-corrected chi connectivity index (χ3v) is 6.34. The number of nitrogens with one attached hydrogen (secondary N) is 2. The van der Waals surface area contributed by atoms with Gasteiger partial charge in [-0.1, -0.05) is 0 Å². The van der Waals surface area contributed by atoms with Gasteiger partial charge in [0, 0.05) is 24.5 Å². The first-order valence-corrected chi connectivity index (χ1v) is 9.56. The van der Waals surface area contributed by atoms with Crippen LogP contribution < -0.4 is 10.6 Å². The summed E-state index contributed by atoms with van der Waals surface area (Å²) in [5.74, 6) is 0.689. The van der Waals surface area contributed by atoms with E-state index in [0.717, 1.165) is 16.6 Å². The summed E-state index contributed by atoms with van der Waals surface area (Å²) in [5, 5.41) is 11.9. The molecule has 0 bridgehead atoms. The van der Waals surface area contributed by atoms with Crippen molar-refractivity contribution in [3.05, 3.63) is 24.4 Å². The Morgan fingerprint density at radius 3 is 2.80 bits per heavy atom. The van der Waals surface area contributed by atoms with E-state index in [1.165, 1.54) is 51.6 Å². The zero-order valence-corrected chi connectivity index (χ0v) is 15.1. The lowest BCUT2D eigenvalue weighted by molar-refractivity contribution is -0.117. The Hall–Kier alpha value is -1.88. The lowest BCUT2D eigenvalue weighted by Crippen LogP contribution is -2.39. The van der Waals surface area contributed by atoms with Gasteiger partial charge in [0.25, 0.3) is 0 Å². The number of rotatable bonds is 3. The number of fused-ring (bicyclic) bond motifs is 1. The summed E-state index contributed by atoms with van der Waals surface area (Å²) in [4.78, 5) is 12.5. The highest BCUT2D eigenvalue weighted by atomic mass is 16.1. The minimum Gasteiger partial charge on any atom is -0.326 e. The molecule has 134 valence electrons. The van der Waals surface area contributed by atoms with E-state index in [1.54, 1.807) is 0 Å². The molecule has 2 N–H and O–H groups in total. The number of piperidine rings is 1. The first-order valence-electron chi connectivity index (χ1n) is 9.56. The highest BCUT2D eigenvalue weighted by molar-refractivity contribution is 5.93. The van der Waals surface area contributed by atoms with Gasteiger partial charge in [0.1, 0.15) is 0 Å². The van der Waals surface area contributed by atoms with Crippen LogP contribution in [-0.2, 0) is 11.8 Å². The lowest BCUT2D eigenvalue weighted by atomic mass is 9.65. The first kappa shape index (κ1) is 16.6. The van der Waals surface area contributed by atoms with Gasteiger partial charge < -0.3 is 10.6 Å². The number of amides is 1. The third kappa shape index (κ3) is 3.56. The average Bonchev–Trinajstić information content (AvgIpc) is 2.99. The van der Waals surface area contributed by atoms with Crippen molar-refractivity contribution in [3.63, 3.8) is 0 Å². The van der Waals surface area contributed by atoms with Crippen LogP contribution in [0.2, 0.25) is 0 Å². The highest BCUT2D eigenvalue weighted by Gasteiger charge is 2.36. The van der Waals surface area contributed by atoms with Gasteiger partial charge in [-0.3, -0.25) is 9.48 Å². The van der Waals surface area contributed by atoms with Gasteiger partial charge in [0.2, 0.25) is 5.91 Å². The standard InChI is InChI=1S/C20H28N4O/c1-24-18-13-17(3-2-16(18)14-22-24)23-19(25)12-15-4-6-20(7-5-15)8-10-21-11-9-20/h2-3,13-15,21H,4-12H2,1H3,(H,23,25). The second kappa shape index (κ2) is 6.79. The van der Waals surface area contributed by atoms with E-state index in [4.69, 9.17) is 0 Å². The molecule has 0 atom stereocenters. The molecule has 5 heteroatoms. The van der Waals surface area contributed by atoms with Crippen molar-refractivity contribution in [2.75, 3.05) is 18.4 Å². The number of aromatic nitrogens is 2. The van der Waals surface area contributed by atoms with Crippen molar-refractivity contribution >= 4 is 22.5 Å². The number of carbonyl (C=O) groups is 1. The molecule has 2 heterocycles. The van der Waals surface area contributed by atoms with Crippen LogP contribution in [0.5, 0.6) is 0 Å². The molecule has 1 aromatic carbocycles. The van der Waals surface area contributed by atoms with Crippen molar-refractivity contribution in [2.45, 2.75) is 44.9 Å². The molecule has 0 unspecified atom stereocenters. The summed E-state index contributed by atoms with van der Waals surface area (Å²) in [6, 6.07) is 5.98. The highest BCUT2D eigenvalue weighted by Crippen LogP contribution is 2.45. The monoisotopic (exact) mass is 340 g/mol. The van der Waals surface area contributed by atoms with Gasteiger partial charge in [0.15, 0.2) is 0 Å². The van der Waals surface area contributed by atoms with Crippen LogP contribution in [0.15, 0.2) is 24.4 Å². The molecule has 5 nitrogen and oxygen atoms in total. The number of carbonyl (C=O) groups excluding carboxylic acids is 1. The van der Waals surface area contributed by atoms with E-state index in [9.17, 15) is 4.79 Å². The topological polar surface area (TPSA) is 59.0 Å². The smallest absolute Gasteiger partial charge is 0.224 e. The molecule has 1 spiro atoms. The molecule has 1 saturated carbocycles. The number of aryl methyl sites for hydroxylation is 1. The predicted octanol–water partition coefficient (Wildman–Crippen LogP) is 3.46. The quantitative estimate of drug-likeness (QED) is 0.899. The van der Waals surface area contributed by atoms with Crippen molar-refractivity contribution in [2.24, 2.45) is 18.4 Å². The molecule has 1 amide bonds. The van der Waals surface area contributed by atoms with Crippen molar-refractivity contribution in [1.82, 2.24) is 15.1 Å². The van der Waals surface area contributed by atoms with E-state index in [0.29, 0.717) is 17.8 Å². The Balaban J connectivity index is 1.32. The molecule has 2 aliphatic rings. The summed E-state index contributed by atoms with van der Waals surface area (Å²) >= 11 is 0. The van der Waals surface area contributed by atoms with Crippen LogP contribution in [0.25, 0.3) is 10.9 Å². The van der Waals surface area contributed by atoms with E-state index in [-0.39, 0.29) is 5.91 Å². The normalized spacial score (nSPS) is 20.8. The number of anilines is 1. The molecule has 1 aromatic heterocycles. The Kier molecular flexibility index (Phi) is 4.50. The van der Waals surface area contributed by atoms with Crippen LogP contribution in [0.4, 0.5) is 5.69 Å². The fourth-order valence-electron chi connectivity index (χ4n) is 4.65. The largest absolute Gasteiger partial charge is 0.326 e. The Morgan fingerprint density at radius 2 is 2.04 bits per heavy atom. The van der Waals surface area contributed by atoms with E-state index < -0.39 is 0 Å². The molecule has 25 heavy (non-hydrogen) atoms. The summed E-state index contributed by atoms with van der Waals surface area (Å²) < 4.78 is 1.84. The maximum Gasteiger partial charge on any atom is 0.224 e. The van der Waals surface area contributed by atoms with Gasteiger partial charge >= 0.3 is 0 Å². The SMILES string of the molecule is Cn1ncc2ccc(NC(=O)CC3CCC4(CCNCC4)CC3)cc21. The van der Waals surface area contributed by atoms with Crippen molar-refractivity contribution in [3.8, 4) is 0 Å². The number of hydrogen-bond acceptors (Lipinski definition) is 3. The van der Waals surface area contributed by atoms with Gasteiger partial charge in [-0.15, -0.1) is 0 Å². The van der Waals surface area contributed by atoms with E-state index in [1.807, 2.05) is 36.1 Å². The predicted molar refractivity (Wildman–Crippen MR) is 100 cm³/mol. The van der Waals surface area contributed by atoms with E-state index >= 15 is 0 Å². The number of hydrogen-bond donors (Lipinski definition) is 2. The molecule has 1 saturated heterocycles. The molecular weight excluding hydrogens is 312 g/mol. The van der Waals surface area contributed by atoms with Crippen molar-refractivity contribution < 1.29 is 4.79 Å². The maximum atomic E-state index is 12.5. The van der Waals surface area contributed by atoms with E-state index in [2.05, 4.69) is 15.7 Å². The zero-order valence-electron chi connectivity index (χ0n) is 15.1. The molecule has 1 aliphatic heterocycles. The summed E-state index contributed by atoms with van der Waals surface area (Å²) in [5.41, 5.74) is 2.48. The minimum atomic E-state index is 0.146. The average molecular weight is 340 g/mol. The molecule has 1 aliphatic carbocycles. The third-order valence-electron chi connectivity index (χ3n) is 6.34. The van der Waals surface area contributed by atoms with Crippen LogP contribution >= 0.6 is 0 Å². The molecule has 0 radical (unpaired) electrons. The number of benzene rings is 1. The van der Waals surface area contributed by atoms with Crippen LogP contribution in [0.1, 0.15) is 44.9 Å². The Morgan fingerprint density at radius 1 is 1.28 bits per heavy atom. The van der Waals surface area contributed by atoms with Crippen LogP contribution in [0.3, 0.4) is 0 Å². The van der Waals surface area contributed by atoms with Gasteiger partial charge in [-0.25, -0.2) is 0 Å². The fourth-order valence-corrected chi connectivity index (χ4v) is 4.65. The fraction of sp³-hybridized carbons (Fsp3) is 0.600. The molecule has 4 rings (SSSR count). The molecule has 2 fully saturated rings.